The van der Waals surface area contributed by atoms with Crippen molar-refractivity contribution in [3.8, 4) is 0 Å². The fraction of sp³-hybridized carbons (Fsp3) is 0.600. The number of ether oxygens (including phenoxy) is 2. The van der Waals surface area contributed by atoms with E-state index in [9.17, 15) is 24.2 Å². The maximum atomic E-state index is 12.7. The molecule has 61 heavy (non-hydrogen) atoms. The predicted octanol–water partition coefficient (Wildman–Crippen LogP) is 12.1. The summed E-state index contributed by atoms with van der Waals surface area (Å²) in [5, 5.41) is 10.0. The van der Waals surface area contributed by atoms with Gasteiger partial charge in [-0.05, 0) is 77.0 Å². The molecule has 0 aliphatic carbocycles. The number of likely N-dealkylation sites (N-methyl/N-ethyl adjacent to an activating group) is 1. The van der Waals surface area contributed by atoms with Gasteiger partial charge in [0.25, 0.3) is 0 Å². The Morgan fingerprint density at radius 1 is 0.607 bits per heavy atom. The van der Waals surface area contributed by atoms with E-state index < -0.39 is 38.6 Å². The molecule has 10 nitrogen and oxygen atoms in total. The number of phosphoric ester groups is 1. The summed E-state index contributed by atoms with van der Waals surface area (Å²) < 4.78 is 34.1. The van der Waals surface area contributed by atoms with Crippen molar-refractivity contribution in [1.82, 2.24) is 0 Å². The molecule has 0 aromatic rings. The van der Waals surface area contributed by atoms with Gasteiger partial charge in [-0.1, -0.05) is 155 Å². The van der Waals surface area contributed by atoms with E-state index in [0.29, 0.717) is 43.1 Å². The summed E-state index contributed by atoms with van der Waals surface area (Å²) in [6.07, 6.45) is 51.9. The molecule has 0 fully saturated rings. The molecule has 0 aromatic carbocycles. The monoisotopic (exact) mass is 873 g/mol. The highest BCUT2D eigenvalue weighted by atomic mass is 31.2. The van der Waals surface area contributed by atoms with E-state index in [1.54, 1.807) is 6.08 Å². The third-order valence-electron chi connectivity index (χ3n) is 8.88. The lowest BCUT2D eigenvalue weighted by Gasteiger charge is -2.24. The SMILES string of the molecule is CC/C=C\C/C=C\CC(O)/C=C/C=C\C/C=C\C/C=C\CCC(=O)OC[C@H](COP(=O)(O)OCC[N+](C)(C)C)OC(=O)CCC/C=C\C/C=C\C/C=C\CCCCCCCC. The molecule has 0 spiro atoms. The summed E-state index contributed by atoms with van der Waals surface area (Å²) in [6, 6.07) is 0. The molecule has 2 N–H and O–H groups in total. The first-order valence-electron chi connectivity index (χ1n) is 22.7. The van der Waals surface area contributed by atoms with E-state index in [1.807, 2.05) is 75.8 Å². The van der Waals surface area contributed by atoms with Gasteiger partial charge in [0.15, 0.2) is 6.10 Å². The first-order chi connectivity index (χ1) is 29.4. The minimum absolute atomic E-state index is 0.00344. The largest absolute Gasteiger partial charge is 0.472 e. The molecule has 11 heteroatoms. The van der Waals surface area contributed by atoms with Gasteiger partial charge in [0.2, 0.25) is 0 Å². The molecule has 0 radical (unpaired) electrons. The summed E-state index contributed by atoms with van der Waals surface area (Å²) in [5.74, 6) is -1.000. The van der Waals surface area contributed by atoms with Crippen LogP contribution in [-0.4, -0.2) is 86.1 Å². The second kappa shape index (κ2) is 40.7. The van der Waals surface area contributed by atoms with Crippen LogP contribution in [0.25, 0.3) is 0 Å². The number of allylic oxidation sites excluding steroid dienone is 16. The molecule has 0 saturated heterocycles. The number of phosphoric acid groups is 1. The van der Waals surface area contributed by atoms with Gasteiger partial charge in [0, 0.05) is 12.8 Å². The van der Waals surface area contributed by atoms with Crippen LogP contribution < -0.4 is 0 Å². The highest BCUT2D eigenvalue weighted by Crippen LogP contribution is 2.43. The zero-order valence-electron chi connectivity index (χ0n) is 38.5. The third kappa shape index (κ3) is 44.5. The Balaban J connectivity index is 4.62. The van der Waals surface area contributed by atoms with Crippen molar-refractivity contribution in [3.63, 3.8) is 0 Å². The fourth-order valence-electron chi connectivity index (χ4n) is 5.31. The van der Waals surface area contributed by atoms with E-state index in [4.69, 9.17) is 18.5 Å². The zero-order chi connectivity index (χ0) is 45.1. The maximum absolute atomic E-state index is 12.7. The number of aliphatic hydroxyl groups is 1. The van der Waals surface area contributed by atoms with Crippen LogP contribution in [0.4, 0.5) is 0 Å². The lowest BCUT2D eigenvalue weighted by atomic mass is 10.1. The van der Waals surface area contributed by atoms with Crippen LogP contribution in [0.1, 0.15) is 136 Å². The smallest absolute Gasteiger partial charge is 0.462 e. The Morgan fingerprint density at radius 3 is 1.80 bits per heavy atom. The van der Waals surface area contributed by atoms with Crippen LogP contribution in [-0.2, 0) is 32.7 Å². The second-order valence-electron chi connectivity index (χ2n) is 15.9. The number of esters is 2. The Hall–Kier alpha value is -3.37. The molecule has 0 aliphatic rings. The molecule has 0 bridgehead atoms. The van der Waals surface area contributed by atoms with Crippen LogP contribution in [0.15, 0.2) is 109 Å². The molecule has 0 saturated carbocycles. The van der Waals surface area contributed by atoms with Gasteiger partial charge in [0.05, 0.1) is 33.9 Å². The minimum Gasteiger partial charge on any atom is -0.462 e. The van der Waals surface area contributed by atoms with Crippen molar-refractivity contribution < 1.29 is 47.2 Å². The van der Waals surface area contributed by atoms with E-state index >= 15 is 0 Å². The molecule has 0 aliphatic heterocycles. The number of aliphatic hydroxyl groups excluding tert-OH is 1. The summed E-state index contributed by atoms with van der Waals surface area (Å²) >= 11 is 0. The lowest BCUT2D eigenvalue weighted by molar-refractivity contribution is -0.870. The Labute approximate surface area is 370 Å². The van der Waals surface area contributed by atoms with E-state index in [0.717, 1.165) is 38.5 Å². The summed E-state index contributed by atoms with van der Waals surface area (Å²) in [7, 11) is 1.36. The highest BCUT2D eigenvalue weighted by molar-refractivity contribution is 7.47. The standard InChI is InChI=1S/C50H82NO9P/c1-6-8-10-12-14-15-16-17-18-19-20-21-22-27-30-34-38-42-50(54)60-48(46-59-61(55,56)58-44-43-51(3,4)5)45-57-49(53)41-37-33-29-26-24-23-25-28-32-36-40-47(52)39-35-31-13-11-9-7-2/h9,11,17-18,20-21,23-24,27-33,35-36,40,47-48,52H,6-8,10,12-16,19,22,25-26,34,37-39,41-46H2,1-5H3/p+1/b11-9-,18-17-,21-20-,24-23-,30-27-,32-28-,33-29-,35-31-,40-36+/t47?,48-/m1/s1. The van der Waals surface area contributed by atoms with Gasteiger partial charge in [-0.15, -0.1) is 0 Å². The van der Waals surface area contributed by atoms with Crippen molar-refractivity contribution in [2.45, 2.75) is 148 Å². The van der Waals surface area contributed by atoms with Crippen LogP contribution in [0.5, 0.6) is 0 Å². The number of hydrogen-bond donors (Lipinski definition) is 2. The van der Waals surface area contributed by atoms with Gasteiger partial charge in [0.1, 0.15) is 19.8 Å². The normalized spacial score (nSPS) is 15.1. The summed E-state index contributed by atoms with van der Waals surface area (Å²) in [4.78, 5) is 35.3. The first kappa shape index (κ1) is 57.6. The molecule has 0 aromatic heterocycles. The summed E-state index contributed by atoms with van der Waals surface area (Å²) in [6.45, 7) is 4.04. The summed E-state index contributed by atoms with van der Waals surface area (Å²) in [5.41, 5.74) is 0. The molecule has 0 rings (SSSR count). The average molecular weight is 873 g/mol. The number of unbranched alkanes of at least 4 members (excludes halogenated alkanes) is 7. The van der Waals surface area contributed by atoms with Crippen LogP contribution in [0.3, 0.4) is 0 Å². The number of nitrogens with zero attached hydrogens (tertiary/aromatic N) is 1. The highest BCUT2D eigenvalue weighted by Gasteiger charge is 2.27. The Morgan fingerprint density at radius 2 is 1.16 bits per heavy atom. The third-order valence-corrected chi connectivity index (χ3v) is 9.87. The van der Waals surface area contributed by atoms with Gasteiger partial charge in [-0.3, -0.25) is 18.6 Å². The van der Waals surface area contributed by atoms with Gasteiger partial charge in [-0.2, -0.15) is 0 Å². The molecule has 0 heterocycles. The quantitative estimate of drug-likeness (QED) is 0.0155. The van der Waals surface area contributed by atoms with Crippen molar-refractivity contribution >= 4 is 19.8 Å². The zero-order valence-corrected chi connectivity index (χ0v) is 39.4. The van der Waals surface area contributed by atoms with E-state index in [1.165, 1.54) is 38.5 Å². The molecular formula is C50H83NO9P+. The van der Waals surface area contributed by atoms with Crippen molar-refractivity contribution in [2.24, 2.45) is 0 Å². The molecular weight excluding hydrogens is 790 g/mol. The number of quaternary nitrogens is 1. The van der Waals surface area contributed by atoms with Crippen LogP contribution in [0.2, 0.25) is 0 Å². The molecule has 2 unspecified atom stereocenters. The fourth-order valence-corrected chi connectivity index (χ4v) is 6.06. The van der Waals surface area contributed by atoms with E-state index in [2.05, 4.69) is 62.5 Å². The van der Waals surface area contributed by atoms with Crippen molar-refractivity contribution in [3.05, 3.63) is 109 Å². The van der Waals surface area contributed by atoms with Gasteiger partial charge >= 0.3 is 19.8 Å². The van der Waals surface area contributed by atoms with E-state index in [-0.39, 0.29) is 26.1 Å². The lowest BCUT2D eigenvalue weighted by Crippen LogP contribution is -2.37. The number of carbonyl (C=O) groups is 2. The van der Waals surface area contributed by atoms with Gasteiger partial charge < -0.3 is 24.0 Å². The first-order valence-corrected chi connectivity index (χ1v) is 24.2. The minimum atomic E-state index is -4.43. The van der Waals surface area contributed by atoms with Gasteiger partial charge in [-0.25, -0.2) is 4.57 Å². The van der Waals surface area contributed by atoms with Crippen molar-refractivity contribution in [2.75, 3.05) is 47.5 Å². The Bertz CT molecular complexity index is 1420. The Kier molecular flexibility index (Phi) is 38.4. The van der Waals surface area contributed by atoms with Crippen LogP contribution >= 0.6 is 7.82 Å². The average Bonchev–Trinajstić information content (AvgIpc) is 3.21. The molecule has 0 amide bonds. The number of rotatable bonds is 39. The molecule has 346 valence electrons. The maximum Gasteiger partial charge on any atom is 0.472 e. The van der Waals surface area contributed by atoms with Crippen molar-refractivity contribution in [1.29, 1.82) is 0 Å². The molecule has 3 atom stereocenters. The second-order valence-corrected chi connectivity index (χ2v) is 17.3. The topological polar surface area (TPSA) is 129 Å². The number of carbonyl (C=O) groups excluding carboxylic acids is 2. The predicted molar refractivity (Wildman–Crippen MR) is 253 cm³/mol. The van der Waals surface area contributed by atoms with Crippen LogP contribution in [0, 0.1) is 0 Å². The number of hydrogen-bond acceptors (Lipinski definition) is 8.